The number of carbonyl (C=O) groups excluding carboxylic acids is 2. The normalized spacial score (nSPS) is 14.1. The van der Waals surface area contributed by atoms with E-state index in [2.05, 4.69) is 0 Å². The lowest BCUT2D eigenvalue weighted by Crippen LogP contribution is -2.30. The summed E-state index contributed by atoms with van der Waals surface area (Å²) in [6, 6.07) is 13.7. The summed E-state index contributed by atoms with van der Waals surface area (Å²) >= 11 is 0. The third kappa shape index (κ3) is 2.87. The van der Waals surface area contributed by atoms with Crippen LogP contribution in [0.1, 0.15) is 37.4 Å². The van der Waals surface area contributed by atoms with Crippen molar-refractivity contribution in [2.24, 2.45) is 0 Å². The van der Waals surface area contributed by atoms with Crippen molar-refractivity contribution in [2.75, 3.05) is 4.90 Å². The minimum Gasteiger partial charge on any atom is -0.324 e. The van der Waals surface area contributed by atoms with Gasteiger partial charge in [-0.3, -0.25) is 14.2 Å². The Balaban J connectivity index is 1.85. The Bertz CT molecular complexity index is 1090. The van der Waals surface area contributed by atoms with Gasteiger partial charge in [0.2, 0.25) is 0 Å². The Kier molecular flexibility index (Phi) is 4.23. The molecule has 0 bridgehead atoms. The van der Waals surface area contributed by atoms with E-state index in [9.17, 15) is 23.9 Å². The lowest BCUT2D eigenvalue weighted by Gasteiger charge is -2.15. The van der Waals surface area contributed by atoms with Crippen LogP contribution in [0.4, 0.5) is 5.69 Å². The zero-order valence-corrected chi connectivity index (χ0v) is 16.2. The smallest absolute Gasteiger partial charge is 0.324 e. The molecule has 7 heteroatoms. The molecule has 1 aromatic rings. The molecule has 0 radical (unpaired) electrons. The highest BCUT2D eigenvalue weighted by atomic mass is 31.2. The first-order chi connectivity index (χ1) is 13.2. The number of rotatable bonds is 3. The quantitative estimate of drug-likeness (QED) is 0.518. The first-order valence-electron chi connectivity index (χ1n) is 8.73. The van der Waals surface area contributed by atoms with E-state index in [4.69, 9.17) is 0 Å². The van der Waals surface area contributed by atoms with Crippen molar-refractivity contribution in [1.82, 2.24) is 0 Å². The zero-order chi connectivity index (χ0) is 20.2. The summed E-state index contributed by atoms with van der Waals surface area (Å²) in [6.45, 7) is 3.69. The average Bonchev–Trinajstić information content (AvgIpc) is 2.90. The van der Waals surface area contributed by atoms with Crippen molar-refractivity contribution >= 4 is 25.1 Å². The highest BCUT2D eigenvalue weighted by Crippen LogP contribution is 2.45. The summed E-state index contributed by atoms with van der Waals surface area (Å²) in [5.74, 6) is -0.678. The minimum atomic E-state index is -4.17. The molecule has 142 valence electrons. The molecule has 2 aliphatic carbocycles. The van der Waals surface area contributed by atoms with Crippen LogP contribution in [0.3, 0.4) is 0 Å². The molecule has 0 fully saturated rings. The molecule has 0 unspecified atom stereocenters. The van der Waals surface area contributed by atoms with Gasteiger partial charge in [0.15, 0.2) is 0 Å². The molecule has 3 aliphatic rings. The predicted molar refractivity (Wildman–Crippen MR) is 106 cm³/mol. The van der Waals surface area contributed by atoms with E-state index in [1.54, 1.807) is 48.5 Å². The van der Waals surface area contributed by atoms with Crippen molar-refractivity contribution in [3.05, 3.63) is 76.3 Å². The van der Waals surface area contributed by atoms with E-state index < -0.39 is 7.60 Å². The number of fused-ring (bicyclic) bond motifs is 2. The highest BCUT2D eigenvalue weighted by molar-refractivity contribution is 7.50. The number of hydrogen-bond acceptors (Lipinski definition) is 3. The summed E-state index contributed by atoms with van der Waals surface area (Å²) in [4.78, 5) is 45.4. The van der Waals surface area contributed by atoms with Crippen LogP contribution in [0.5, 0.6) is 0 Å². The second-order valence-electron chi connectivity index (χ2n) is 6.98. The lowest BCUT2D eigenvalue weighted by atomic mass is 10.1. The van der Waals surface area contributed by atoms with Crippen LogP contribution in [0.2, 0.25) is 0 Å². The predicted octanol–water partition coefficient (Wildman–Crippen LogP) is 3.89. The van der Waals surface area contributed by atoms with Gasteiger partial charge in [0.05, 0.1) is 23.0 Å². The van der Waals surface area contributed by atoms with Crippen LogP contribution < -0.4 is 4.90 Å². The molecule has 0 aromatic heterocycles. The standard InChI is InChI=1S/C21H18NO5P/c1-12-15-9-7-14(11-28(25,26)27)8-10-16(15)13(2)19(12)22-20(23)17-5-3-4-6-18(17)21(22)24/h3-10H,11H2,1-2H3,(H2,25,26,27). The molecule has 0 saturated heterocycles. The summed E-state index contributed by atoms with van der Waals surface area (Å²) in [7, 11) is -4.17. The molecular formula is C21H18NO5P. The van der Waals surface area contributed by atoms with Gasteiger partial charge < -0.3 is 9.79 Å². The Morgan fingerprint density at radius 2 is 1.25 bits per heavy atom. The van der Waals surface area contributed by atoms with Crippen LogP contribution in [0.15, 0.2) is 48.5 Å². The van der Waals surface area contributed by atoms with E-state index in [-0.39, 0.29) is 18.0 Å². The number of hydrogen-bond donors (Lipinski definition) is 2. The van der Waals surface area contributed by atoms with Gasteiger partial charge in [-0.1, -0.05) is 36.4 Å². The molecule has 6 nitrogen and oxygen atoms in total. The first-order valence-corrected chi connectivity index (χ1v) is 10.5. The van der Waals surface area contributed by atoms with Gasteiger partial charge in [-0.15, -0.1) is 0 Å². The van der Waals surface area contributed by atoms with Crippen molar-refractivity contribution in [2.45, 2.75) is 20.0 Å². The van der Waals surface area contributed by atoms with E-state index in [0.29, 0.717) is 22.4 Å². The fourth-order valence-corrected chi connectivity index (χ4v) is 4.56. The largest absolute Gasteiger partial charge is 0.329 e. The summed E-state index contributed by atoms with van der Waals surface area (Å²) in [6.07, 6.45) is -0.340. The van der Waals surface area contributed by atoms with E-state index in [1.165, 1.54) is 4.90 Å². The van der Waals surface area contributed by atoms with Gasteiger partial charge in [-0.25, -0.2) is 4.90 Å². The molecular weight excluding hydrogens is 377 g/mol. The highest BCUT2D eigenvalue weighted by Gasteiger charge is 2.39. The number of imide groups is 1. The molecule has 1 heterocycles. The van der Waals surface area contributed by atoms with Gasteiger partial charge >= 0.3 is 7.60 Å². The first kappa shape index (κ1) is 18.6. The molecule has 28 heavy (non-hydrogen) atoms. The van der Waals surface area contributed by atoms with Gasteiger partial charge in [-0.2, -0.15) is 0 Å². The number of benzene rings is 1. The van der Waals surface area contributed by atoms with Gasteiger partial charge in [-0.05, 0) is 53.8 Å². The fourth-order valence-electron chi connectivity index (χ4n) is 3.88. The van der Waals surface area contributed by atoms with Crippen LogP contribution in [0, 0.1) is 13.8 Å². The molecule has 2 N–H and O–H groups in total. The van der Waals surface area contributed by atoms with E-state index in [1.807, 2.05) is 13.8 Å². The van der Waals surface area contributed by atoms with Crippen LogP contribution in [-0.4, -0.2) is 21.6 Å². The van der Waals surface area contributed by atoms with Crippen molar-refractivity contribution < 1.29 is 23.9 Å². The van der Waals surface area contributed by atoms with Gasteiger partial charge in [0.1, 0.15) is 0 Å². The molecule has 0 saturated carbocycles. The third-order valence-electron chi connectivity index (χ3n) is 5.14. The van der Waals surface area contributed by atoms with Crippen molar-refractivity contribution in [1.29, 1.82) is 0 Å². The second kappa shape index (κ2) is 6.38. The number of nitrogens with zero attached hydrogens (tertiary/aromatic N) is 1. The molecule has 1 aliphatic heterocycles. The Hall–Kier alpha value is -2.79. The van der Waals surface area contributed by atoms with Crippen LogP contribution in [-0.2, 0) is 10.7 Å². The SMILES string of the molecule is Cc1c2ccc(CP(=O)(O)O)ccc-2c(C)c1N1C(=O)c2ccccc2C1=O. The molecule has 4 rings (SSSR count). The average molecular weight is 395 g/mol. The number of carbonyl (C=O) groups is 2. The maximum Gasteiger partial charge on any atom is 0.329 e. The molecule has 0 spiro atoms. The lowest BCUT2D eigenvalue weighted by molar-refractivity contribution is 0.0925. The fraction of sp³-hybridized carbons (Fsp3) is 0.143. The Labute approximate surface area is 161 Å². The number of anilines is 1. The maximum absolute atomic E-state index is 12.9. The monoisotopic (exact) mass is 395 g/mol. The summed E-state index contributed by atoms with van der Waals surface area (Å²) < 4.78 is 11.3. The van der Waals surface area contributed by atoms with E-state index in [0.717, 1.165) is 22.3 Å². The number of amides is 2. The minimum absolute atomic E-state index is 0.339. The zero-order valence-electron chi connectivity index (χ0n) is 15.3. The molecule has 0 atom stereocenters. The van der Waals surface area contributed by atoms with Crippen LogP contribution >= 0.6 is 7.60 Å². The molecule has 1 aromatic carbocycles. The second-order valence-corrected chi connectivity index (χ2v) is 8.63. The van der Waals surface area contributed by atoms with Crippen LogP contribution in [0.25, 0.3) is 11.1 Å². The molecule has 2 amide bonds. The summed E-state index contributed by atoms with van der Waals surface area (Å²) in [5, 5.41) is 0. The summed E-state index contributed by atoms with van der Waals surface area (Å²) in [5.41, 5.74) is 5.11. The van der Waals surface area contributed by atoms with E-state index >= 15 is 0 Å². The maximum atomic E-state index is 12.9. The van der Waals surface area contributed by atoms with Gasteiger partial charge in [0, 0.05) is 0 Å². The van der Waals surface area contributed by atoms with Crippen molar-refractivity contribution in [3.8, 4) is 11.1 Å². The van der Waals surface area contributed by atoms with Gasteiger partial charge in [0.25, 0.3) is 11.8 Å². The third-order valence-corrected chi connectivity index (χ3v) is 5.92. The topological polar surface area (TPSA) is 94.9 Å². The van der Waals surface area contributed by atoms with Crippen molar-refractivity contribution in [3.63, 3.8) is 0 Å². The Morgan fingerprint density at radius 1 is 0.786 bits per heavy atom. The Morgan fingerprint density at radius 3 is 1.68 bits per heavy atom.